The van der Waals surface area contributed by atoms with Gasteiger partial charge in [-0.3, -0.25) is 0 Å². The minimum atomic E-state index is -1.34. The highest BCUT2D eigenvalue weighted by Gasteiger charge is 2.27. The van der Waals surface area contributed by atoms with Gasteiger partial charge >= 0.3 is 5.97 Å². The number of carboxylic acids is 1. The largest absolute Gasteiger partial charge is 0.486 e. The third-order valence-corrected chi connectivity index (χ3v) is 7.31. The summed E-state index contributed by atoms with van der Waals surface area (Å²) in [6, 6.07) is 37.1. The van der Waals surface area contributed by atoms with E-state index in [9.17, 15) is 15.1 Å². The van der Waals surface area contributed by atoms with Gasteiger partial charge in [0.2, 0.25) is 0 Å². The van der Waals surface area contributed by atoms with Crippen LogP contribution in [0.15, 0.2) is 139 Å². The van der Waals surface area contributed by atoms with Crippen LogP contribution in [0.25, 0.3) is 22.5 Å². The zero-order valence-electron chi connectivity index (χ0n) is 25.0. The smallest absolute Gasteiger partial charge is 0.354 e. The van der Waals surface area contributed by atoms with Crippen molar-refractivity contribution in [2.45, 2.75) is 19.1 Å². The molecule has 0 saturated heterocycles. The second-order valence-corrected chi connectivity index (χ2v) is 10.4. The van der Waals surface area contributed by atoms with Crippen LogP contribution in [0.2, 0.25) is 0 Å². The van der Waals surface area contributed by atoms with Crippen LogP contribution in [-0.2, 0) is 18.0 Å². The zero-order chi connectivity index (χ0) is 32.4. The molecule has 47 heavy (non-hydrogen) atoms. The van der Waals surface area contributed by atoms with Crippen molar-refractivity contribution in [2.24, 2.45) is 5.16 Å². The van der Waals surface area contributed by atoms with Gasteiger partial charge in [0.25, 0.3) is 0 Å². The van der Waals surface area contributed by atoms with Crippen LogP contribution in [0.5, 0.6) is 11.5 Å². The summed E-state index contributed by atoms with van der Waals surface area (Å²) >= 11 is 0. The molecule has 2 aromatic heterocycles. The lowest BCUT2D eigenvalue weighted by molar-refractivity contribution is -0.129. The first-order chi connectivity index (χ1) is 23.1. The number of hydrogen-bond acceptors (Lipinski definition) is 9. The summed E-state index contributed by atoms with van der Waals surface area (Å²) in [4.78, 5) is 29.9. The predicted molar refractivity (Wildman–Crippen MR) is 175 cm³/mol. The Bertz CT molecular complexity index is 1840. The number of aliphatic carboxylic acids is 1. The summed E-state index contributed by atoms with van der Waals surface area (Å²) in [5, 5.41) is 22.6. The lowest BCUT2D eigenvalue weighted by Crippen LogP contribution is -2.23. The van der Waals surface area contributed by atoms with E-state index in [-0.39, 0.29) is 13.2 Å². The number of ether oxygens (including phenoxy) is 2. The van der Waals surface area contributed by atoms with Gasteiger partial charge in [-0.1, -0.05) is 90.1 Å². The topological polar surface area (TPSA) is 140 Å². The van der Waals surface area contributed by atoms with Crippen LogP contribution in [0, 0.1) is 0 Å². The molecule has 2 N–H and O–H groups in total. The minimum absolute atomic E-state index is 0.144. The van der Waals surface area contributed by atoms with E-state index in [1.165, 1.54) is 0 Å². The van der Waals surface area contributed by atoms with E-state index < -0.39 is 17.6 Å². The molecule has 232 valence electrons. The molecule has 10 nitrogen and oxygen atoms in total. The molecule has 10 heteroatoms. The molecule has 0 aliphatic carbocycles. The van der Waals surface area contributed by atoms with Gasteiger partial charge in [-0.05, 0) is 47.5 Å². The Morgan fingerprint density at radius 2 is 1.04 bits per heavy atom. The van der Waals surface area contributed by atoms with Gasteiger partial charge in [0.15, 0.2) is 17.4 Å². The Kier molecular flexibility index (Phi) is 9.49. The lowest BCUT2D eigenvalue weighted by Gasteiger charge is -2.18. The van der Waals surface area contributed by atoms with Crippen LogP contribution in [0.3, 0.4) is 0 Å². The SMILES string of the molecule is O=C(O)C(=NO)C(c1ccc(OCc2nccc(-c3ccccc3)n2)cc1)c1ccc(OCc2nccc(-c3ccccc3)n2)cc1. The van der Waals surface area contributed by atoms with E-state index in [1.54, 1.807) is 60.9 Å². The van der Waals surface area contributed by atoms with Crippen LogP contribution < -0.4 is 9.47 Å². The normalized spacial score (nSPS) is 11.3. The Labute approximate surface area is 270 Å². The number of aromatic nitrogens is 4. The molecule has 2 heterocycles. The van der Waals surface area contributed by atoms with Crippen molar-refractivity contribution in [2.75, 3.05) is 0 Å². The van der Waals surface area contributed by atoms with Gasteiger partial charge in [0, 0.05) is 23.5 Å². The molecule has 0 atom stereocenters. The molecule has 0 bridgehead atoms. The van der Waals surface area contributed by atoms with E-state index in [0.717, 1.165) is 22.5 Å². The molecule has 4 aromatic carbocycles. The minimum Gasteiger partial charge on any atom is -0.486 e. The molecule has 6 rings (SSSR count). The summed E-state index contributed by atoms with van der Waals surface area (Å²) in [6.45, 7) is 0.288. The van der Waals surface area contributed by atoms with Crippen LogP contribution >= 0.6 is 0 Å². The molecule has 0 aliphatic rings. The summed E-state index contributed by atoms with van der Waals surface area (Å²) in [6.07, 6.45) is 3.38. The molecular formula is C37H29N5O5. The molecule has 0 unspecified atom stereocenters. The standard InChI is InChI=1S/C37H29N5O5/c43-37(44)36(42-45)35(27-11-15-29(16-12-27)46-23-33-38-21-19-31(40-33)25-7-3-1-4-8-25)28-13-17-30(18-14-28)47-24-34-39-22-20-32(41-34)26-9-5-2-6-10-26/h1-22,35,45H,23-24H2,(H,43,44). The fraction of sp³-hybridized carbons (Fsp3) is 0.0811. The molecule has 6 aromatic rings. The summed E-state index contributed by atoms with van der Waals surface area (Å²) in [7, 11) is 0. The van der Waals surface area contributed by atoms with Crippen LogP contribution in [0.4, 0.5) is 0 Å². The average Bonchev–Trinajstić information content (AvgIpc) is 3.13. The number of rotatable bonds is 12. The molecule has 0 radical (unpaired) electrons. The maximum absolute atomic E-state index is 12.1. The van der Waals surface area contributed by atoms with Gasteiger partial charge in [0.05, 0.1) is 17.3 Å². The summed E-state index contributed by atoms with van der Waals surface area (Å²) in [5.74, 6) is -0.0811. The van der Waals surface area contributed by atoms with E-state index in [2.05, 4.69) is 25.1 Å². The van der Waals surface area contributed by atoms with Gasteiger partial charge in [-0.25, -0.2) is 24.7 Å². The Morgan fingerprint density at radius 1 is 0.617 bits per heavy atom. The van der Waals surface area contributed by atoms with E-state index in [4.69, 9.17) is 9.47 Å². The van der Waals surface area contributed by atoms with Crippen molar-refractivity contribution in [3.8, 4) is 34.0 Å². The maximum Gasteiger partial charge on any atom is 0.354 e. The average molecular weight is 624 g/mol. The highest BCUT2D eigenvalue weighted by molar-refractivity contribution is 6.38. The van der Waals surface area contributed by atoms with Crippen molar-refractivity contribution >= 4 is 11.7 Å². The van der Waals surface area contributed by atoms with Crippen molar-refractivity contribution in [1.82, 2.24) is 19.9 Å². The monoisotopic (exact) mass is 623 g/mol. The second kappa shape index (κ2) is 14.6. The quantitative estimate of drug-likeness (QED) is 0.0855. The number of oxime groups is 1. The highest BCUT2D eigenvalue weighted by Crippen LogP contribution is 2.30. The van der Waals surface area contributed by atoms with Crippen molar-refractivity contribution in [3.63, 3.8) is 0 Å². The van der Waals surface area contributed by atoms with Gasteiger partial charge in [-0.2, -0.15) is 0 Å². The molecular weight excluding hydrogens is 594 g/mol. The number of carbonyl (C=O) groups is 1. The maximum atomic E-state index is 12.1. The van der Waals surface area contributed by atoms with Gasteiger partial charge < -0.3 is 19.8 Å². The van der Waals surface area contributed by atoms with Gasteiger partial charge in [-0.15, -0.1) is 0 Å². The fourth-order valence-electron chi connectivity index (χ4n) is 5.02. The molecule has 0 aliphatic heterocycles. The van der Waals surface area contributed by atoms with Crippen LogP contribution in [0.1, 0.15) is 28.7 Å². The van der Waals surface area contributed by atoms with E-state index >= 15 is 0 Å². The third kappa shape index (κ3) is 7.63. The summed E-state index contributed by atoms with van der Waals surface area (Å²) < 4.78 is 11.8. The van der Waals surface area contributed by atoms with E-state index in [1.807, 2.05) is 72.8 Å². The molecule has 0 fully saturated rings. The predicted octanol–water partition coefficient (Wildman–Crippen LogP) is 6.81. The first-order valence-electron chi connectivity index (χ1n) is 14.7. The Morgan fingerprint density at radius 3 is 1.43 bits per heavy atom. The van der Waals surface area contributed by atoms with Gasteiger partial charge in [0.1, 0.15) is 24.7 Å². The number of benzene rings is 4. The molecule has 0 amide bonds. The highest BCUT2D eigenvalue weighted by atomic mass is 16.5. The van der Waals surface area contributed by atoms with Crippen molar-refractivity contribution in [3.05, 3.63) is 156 Å². The Hall–Kier alpha value is -6.42. The van der Waals surface area contributed by atoms with E-state index in [0.29, 0.717) is 34.3 Å². The Balaban J connectivity index is 1.14. The van der Waals surface area contributed by atoms with Crippen molar-refractivity contribution in [1.29, 1.82) is 0 Å². The fourth-order valence-corrected chi connectivity index (χ4v) is 5.02. The number of nitrogens with zero attached hydrogens (tertiary/aromatic N) is 5. The second-order valence-electron chi connectivity index (χ2n) is 10.4. The molecule has 0 saturated carbocycles. The number of carboxylic acid groups (broad SMARTS) is 1. The zero-order valence-corrected chi connectivity index (χ0v) is 25.0. The summed E-state index contributed by atoms with van der Waals surface area (Å²) in [5.41, 5.74) is 4.31. The molecule has 0 spiro atoms. The van der Waals surface area contributed by atoms with Crippen LogP contribution in [-0.4, -0.2) is 41.9 Å². The number of hydrogen-bond donors (Lipinski definition) is 2. The third-order valence-electron chi connectivity index (χ3n) is 7.31. The van der Waals surface area contributed by atoms with Crippen molar-refractivity contribution < 1.29 is 24.6 Å². The lowest BCUT2D eigenvalue weighted by atomic mass is 9.87. The first kappa shape index (κ1) is 30.6. The first-order valence-corrected chi connectivity index (χ1v) is 14.7.